The van der Waals surface area contributed by atoms with E-state index in [0.29, 0.717) is 6.54 Å². The van der Waals surface area contributed by atoms with Gasteiger partial charge in [-0.05, 0) is 30.5 Å². The SMILES string of the molecule is NC(=O)CC[C@H](N)C(=O)NCCc1ccncc1. The Bertz CT molecular complexity index is 394. The molecule has 6 nitrogen and oxygen atoms in total. The Hall–Kier alpha value is -1.95. The van der Waals surface area contributed by atoms with Crippen molar-refractivity contribution in [3.63, 3.8) is 0 Å². The maximum absolute atomic E-state index is 11.5. The highest BCUT2D eigenvalue weighted by molar-refractivity contribution is 5.82. The molecule has 18 heavy (non-hydrogen) atoms. The number of rotatable bonds is 7. The van der Waals surface area contributed by atoms with Crippen LogP contribution >= 0.6 is 0 Å². The fourth-order valence-corrected chi connectivity index (χ4v) is 1.44. The second kappa shape index (κ2) is 7.39. The molecule has 0 fully saturated rings. The number of amides is 2. The minimum atomic E-state index is -0.685. The zero-order valence-electron chi connectivity index (χ0n) is 10.1. The lowest BCUT2D eigenvalue weighted by Crippen LogP contribution is -2.41. The molecule has 0 spiro atoms. The number of nitrogens with zero attached hydrogens (tertiary/aromatic N) is 1. The smallest absolute Gasteiger partial charge is 0.236 e. The van der Waals surface area contributed by atoms with Crippen molar-refractivity contribution in [2.45, 2.75) is 25.3 Å². The number of nitrogens with two attached hydrogens (primary N) is 2. The molecule has 0 radical (unpaired) electrons. The molecule has 0 bridgehead atoms. The van der Waals surface area contributed by atoms with Crippen molar-refractivity contribution in [3.8, 4) is 0 Å². The summed E-state index contributed by atoms with van der Waals surface area (Å²) in [7, 11) is 0. The lowest BCUT2D eigenvalue weighted by Gasteiger charge is -2.11. The third kappa shape index (κ3) is 5.40. The van der Waals surface area contributed by atoms with E-state index in [1.54, 1.807) is 12.4 Å². The van der Waals surface area contributed by atoms with Crippen LogP contribution in [0.5, 0.6) is 0 Å². The average molecular weight is 250 g/mol. The standard InChI is InChI=1S/C12H18N4O2/c13-10(1-2-11(14)17)12(18)16-8-5-9-3-6-15-7-4-9/h3-4,6-7,10H,1-2,5,8,13H2,(H2,14,17)(H,16,18)/t10-/m0/s1. The largest absolute Gasteiger partial charge is 0.370 e. The third-order valence-electron chi connectivity index (χ3n) is 2.50. The van der Waals surface area contributed by atoms with E-state index in [1.165, 1.54) is 0 Å². The minimum absolute atomic E-state index is 0.124. The van der Waals surface area contributed by atoms with Gasteiger partial charge in [-0.3, -0.25) is 14.6 Å². The van der Waals surface area contributed by atoms with Gasteiger partial charge < -0.3 is 16.8 Å². The molecule has 0 aliphatic rings. The Balaban J connectivity index is 2.22. The van der Waals surface area contributed by atoms with Crippen molar-refractivity contribution in [2.24, 2.45) is 11.5 Å². The van der Waals surface area contributed by atoms with Crippen LogP contribution in [0.15, 0.2) is 24.5 Å². The van der Waals surface area contributed by atoms with Crippen molar-refractivity contribution in [1.82, 2.24) is 10.3 Å². The maximum atomic E-state index is 11.5. The summed E-state index contributed by atoms with van der Waals surface area (Å²) in [5.41, 5.74) is 11.7. The van der Waals surface area contributed by atoms with Gasteiger partial charge in [-0.25, -0.2) is 0 Å². The lowest BCUT2D eigenvalue weighted by molar-refractivity contribution is -0.122. The molecule has 1 heterocycles. The Morgan fingerprint density at radius 1 is 1.33 bits per heavy atom. The van der Waals surface area contributed by atoms with Gasteiger partial charge in [-0.1, -0.05) is 0 Å². The number of hydrogen-bond acceptors (Lipinski definition) is 4. The van der Waals surface area contributed by atoms with Crippen LogP contribution in [0.2, 0.25) is 0 Å². The zero-order chi connectivity index (χ0) is 13.4. The summed E-state index contributed by atoms with van der Waals surface area (Å²) in [5.74, 6) is -0.708. The molecule has 0 aromatic carbocycles. The van der Waals surface area contributed by atoms with Gasteiger partial charge in [-0.15, -0.1) is 0 Å². The van der Waals surface area contributed by atoms with Crippen LogP contribution in [-0.4, -0.2) is 29.4 Å². The molecular formula is C12H18N4O2. The van der Waals surface area contributed by atoms with Crippen LogP contribution in [0.3, 0.4) is 0 Å². The normalized spacial score (nSPS) is 11.8. The summed E-state index contributed by atoms with van der Waals surface area (Å²) in [4.78, 5) is 26.0. The van der Waals surface area contributed by atoms with E-state index in [2.05, 4.69) is 10.3 Å². The van der Waals surface area contributed by atoms with E-state index in [9.17, 15) is 9.59 Å². The molecule has 0 aliphatic carbocycles. The Morgan fingerprint density at radius 3 is 2.61 bits per heavy atom. The van der Waals surface area contributed by atoms with Gasteiger partial charge in [0, 0.05) is 25.4 Å². The number of hydrogen-bond donors (Lipinski definition) is 3. The number of carbonyl (C=O) groups is 2. The summed E-state index contributed by atoms with van der Waals surface area (Å²) < 4.78 is 0. The van der Waals surface area contributed by atoms with E-state index in [0.717, 1.165) is 12.0 Å². The highest BCUT2D eigenvalue weighted by Gasteiger charge is 2.13. The molecule has 5 N–H and O–H groups in total. The molecule has 98 valence electrons. The number of pyridine rings is 1. The molecule has 0 unspecified atom stereocenters. The fourth-order valence-electron chi connectivity index (χ4n) is 1.44. The first kappa shape index (κ1) is 14.1. The molecule has 1 aromatic heterocycles. The molecule has 1 rings (SSSR count). The van der Waals surface area contributed by atoms with E-state index in [1.807, 2.05) is 12.1 Å². The van der Waals surface area contributed by atoms with Gasteiger partial charge >= 0.3 is 0 Å². The summed E-state index contributed by atoms with van der Waals surface area (Å²) in [6, 6.07) is 3.09. The zero-order valence-corrected chi connectivity index (χ0v) is 10.1. The van der Waals surface area contributed by atoms with Crippen molar-refractivity contribution in [2.75, 3.05) is 6.54 Å². The van der Waals surface area contributed by atoms with Crippen molar-refractivity contribution in [1.29, 1.82) is 0 Å². The summed E-state index contributed by atoms with van der Waals surface area (Å²) in [6.07, 6.45) is 4.53. The van der Waals surface area contributed by atoms with Crippen LogP contribution in [0.1, 0.15) is 18.4 Å². The number of primary amides is 1. The van der Waals surface area contributed by atoms with E-state index in [-0.39, 0.29) is 18.7 Å². The predicted octanol–water partition coefficient (Wildman–Crippen LogP) is -0.667. The van der Waals surface area contributed by atoms with Crippen LogP contribution in [0.4, 0.5) is 0 Å². The minimum Gasteiger partial charge on any atom is -0.370 e. The quantitative estimate of drug-likeness (QED) is 0.596. The van der Waals surface area contributed by atoms with Gasteiger partial charge in [0.15, 0.2) is 0 Å². The third-order valence-corrected chi connectivity index (χ3v) is 2.50. The van der Waals surface area contributed by atoms with Gasteiger partial charge in [0.1, 0.15) is 0 Å². The Morgan fingerprint density at radius 2 is 2.00 bits per heavy atom. The van der Waals surface area contributed by atoms with Crippen LogP contribution in [0.25, 0.3) is 0 Å². The first-order valence-corrected chi connectivity index (χ1v) is 5.80. The highest BCUT2D eigenvalue weighted by Crippen LogP contribution is 1.97. The maximum Gasteiger partial charge on any atom is 0.236 e. The predicted molar refractivity (Wildman–Crippen MR) is 67.4 cm³/mol. The fraction of sp³-hybridized carbons (Fsp3) is 0.417. The summed E-state index contributed by atoms with van der Waals surface area (Å²) in [6.45, 7) is 0.507. The average Bonchev–Trinajstić information content (AvgIpc) is 2.37. The number of aromatic nitrogens is 1. The highest BCUT2D eigenvalue weighted by atomic mass is 16.2. The van der Waals surface area contributed by atoms with Gasteiger partial charge in [0.2, 0.25) is 11.8 Å². The van der Waals surface area contributed by atoms with Crippen LogP contribution < -0.4 is 16.8 Å². The first-order valence-electron chi connectivity index (χ1n) is 5.80. The lowest BCUT2D eigenvalue weighted by atomic mass is 10.1. The topological polar surface area (TPSA) is 111 Å². The summed E-state index contributed by atoms with van der Waals surface area (Å²) in [5, 5.41) is 2.72. The van der Waals surface area contributed by atoms with E-state index in [4.69, 9.17) is 11.5 Å². The molecule has 1 atom stereocenters. The van der Waals surface area contributed by atoms with Gasteiger partial charge in [-0.2, -0.15) is 0 Å². The van der Waals surface area contributed by atoms with Crippen molar-refractivity contribution in [3.05, 3.63) is 30.1 Å². The molecule has 2 amide bonds. The monoisotopic (exact) mass is 250 g/mol. The van der Waals surface area contributed by atoms with Gasteiger partial charge in [0.25, 0.3) is 0 Å². The number of carbonyl (C=O) groups excluding carboxylic acids is 2. The molecule has 1 aromatic rings. The second-order valence-electron chi connectivity index (χ2n) is 4.01. The van der Waals surface area contributed by atoms with E-state index >= 15 is 0 Å². The van der Waals surface area contributed by atoms with Gasteiger partial charge in [0.05, 0.1) is 6.04 Å². The van der Waals surface area contributed by atoms with Crippen LogP contribution in [-0.2, 0) is 16.0 Å². The molecular weight excluding hydrogens is 232 g/mol. The van der Waals surface area contributed by atoms with Crippen LogP contribution in [0, 0.1) is 0 Å². The van der Waals surface area contributed by atoms with E-state index < -0.39 is 11.9 Å². The Kier molecular flexibility index (Phi) is 5.79. The molecule has 0 saturated carbocycles. The molecule has 0 saturated heterocycles. The second-order valence-corrected chi connectivity index (χ2v) is 4.01. The first-order chi connectivity index (χ1) is 8.59. The molecule has 6 heteroatoms. The number of nitrogens with one attached hydrogen (secondary N) is 1. The Labute approximate surface area is 106 Å². The summed E-state index contributed by atoms with van der Waals surface area (Å²) >= 11 is 0. The molecule has 0 aliphatic heterocycles. The van der Waals surface area contributed by atoms with Crippen molar-refractivity contribution < 1.29 is 9.59 Å². The van der Waals surface area contributed by atoms with Crippen molar-refractivity contribution >= 4 is 11.8 Å².